The number of fused-ring (bicyclic) bond motifs is 2. The van der Waals surface area contributed by atoms with E-state index >= 15 is 28.8 Å². The minimum Gasteiger partial charge on any atom is -0.277 e. The van der Waals surface area contributed by atoms with Gasteiger partial charge in [0.15, 0.2) is 0 Å². The second-order valence-corrected chi connectivity index (χ2v) is 25.5. The molecule has 1 unspecified atom stereocenters. The molecule has 18 nitrogen and oxygen atoms in total. The standard InChI is InChI=1S/C71H50N6O12/c1-72-60(78)36-23-25-42-57-43(26-24-37(54(36)57)61(72)79)67(85)75(66(42)84)50-13-7-8-14-51(50)77-70(88)46-29-27-44-58-45(28-30-47(59(46)58)71(77)89)69(87)76(68(44)86)49-12-6-5-11-48(49)74-64(82)40-21-17-34-32-15-19-38-55-39(63(81)73(62(38)80)31-9-3-2-4-10-31)20-16-33(52(32)55)35-18-22-41(65(74)83)56(40)53(34)35/h15-31,48-51H,2-14H2,1H3/t48?,49-,50-,51-/m0/s1. The van der Waals surface area contributed by atoms with Gasteiger partial charge in [-0.2, -0.15) is 0 Å². The van der Waals surface area contributed by atoms with Gasteiger partial charge in [0.1, 0.15) is 0 Å². The van der Waals surface area contributed by atoms with Crippen molar-refractivity contribution in [3.05, 3.63) is 164 Å². The van der Waals surface area contributed by atoms with E-state index in [1.807, 2.05) is 24.3 Å². The molecule has 9 aromatic carbocycles. The number of carbonyl (C=O) groups is 12. The molecule has 6 aliphatic heterocycles. The zero-order chi connectivity index (χ0) is 60.6. The molecule has 0 spiro atoms. The zero-order valence-electron chi connectivity index (χ0n) is 47.9. The molecule has 0 radical (unpaired) electrons. The highest BCUT2D eigenvalue weighted by atomic mass is 16.2. The Hall–Kier alpha value is -10.4. The Bertz CT molecular complexity index is 4830. The lowest BCUT2D eigenvalue weighted by Gasteiger charge is -2.46. The Labute approximate surface area is 504 Å². The van der Waals surface area contributed by atoms with Crippen molar-refractivity contribution in [1.29, 1.82) is 0 Å². The number of hydrogen-bond donors (Lipinski definition) is 0. The van der Waals surface area contributed by atoms with Gasteiger partial charge in [0.05, 0.1) is 24.2 Å². The molecular formula is C71H50N6O12. The molecular weight excluding hydrogens is 1130 g/mol. The second kappa shape index (κ2) is 17.9. The predicted molar refractivity (Wildman–Crippen MR) is 323 cm³/mol. The summed E-state index contributed by atoms with van der Waals surface area (Å²) in [7, 11) is 1.37. The van der Waals surface area contributed by atoms with Crippen LogP contribution in [-0.4, -0.2) is 138 Å². The first kappa shape index (κ1) is 51.8. The fourth-order valence-electron chi connectivity index (χ4n) is 17.5. The van der Waals surface area contributed by atoms with Gasteiger partial charge in [-0.05, 0) is 144 Å². The van der Waals surface area contributed by atoms with E-state index in [1.54, 1.807) is 24.3 Å². The van der Waals surface area contributed by atoms with Crippen LogP contribution in [0, 0.1) is 0 Å². The number of nitrogens with zero attached hydrogens (tertiary/aromatic N) is 6. The van der Waals surface area contributed by atoms with E-state index < -0.39 is 83.2 Å². The summed E-state index contributed by atoms with van der Waals surface area (Å²) < 4.78 is 0. The zero-order valence-corrected chi connectivity index (χ0v) is 47.9. The van der Waals surface area contributed by atoms with Gasteiger partial charge in [-0.3, -0.25) is 86.9 Å². The summed E-state index contributed by atoms with van der Waals surface area (Å²) in [5, 5.41) is 6.26. The van der Waals surface area contributed by atoms with Crippen LogP contribution in [0.15, 0.2) is 97.1 Å². The third-order valence-electron chi connectivity index (χ3n) is 21.4. The molecule has 436 valence electrons. The molecule has 18 rings (SSSR count). The van der Waals surface area contributed by atoms with Crippen molar-refractivity contribution in [2.75, 3.05) is 7.05 Å². The van der Waals surface area contributed by atoms with Gasteiger partial charge >= 0.3 is 0 Å². The Morgan fingerprint density at radius 1 is 0.225 bits per heavy atom. The first-order valence-electron chi connectivity index (χ1n) is 30.8. The monoisotopic (exact) mass is 1180 g/mol. The molecule has 6 heterocycles. The Balaban J connectivity index is 0.666. The highest BCUT2D eigenvalue weighted by molar-refractivity contribution is 6.42. The van der Waals surface area contributed by atoms with Crippen molar-refractivity contribution in [3.8, 4) is 0 Å². The van der Waals surface area contributed by atoms with Gasteiger partial charge in [-0.1, -0.05) is 69.2 Å². The molecule has 9 aromatic rings. The van der Waals surface area contributed by atoms with Crippen molar-refractivity contribution >= 4 is 136 Å². The minimum atomic E-state index is -0.980. The van der Waals surface area contributed by atoms with Crippen molar-refractivity contribution < 1.29 is 57.5 Å². The van der Waals surface area contributed by atoms with Crippen LogP contribution < -0.4 is 0 Å². The van der Waals surface area contributed by atoms with E-state index in [4.69, 9.17) is 0 Å². The summed E-state index contributed by atoms with van der Waals surface area (Å²) in [4.78, 5) is 183. The normalized spacial score (nSPS) is 22.8. The lowest BCUT2D eigenvalue weighted by molar-refractivity contribution is 0.0238. The molecule has 3 saturated carbocycles. The number of benzene rings is 9. The van der Waals surface area contributed by atoms with Gasteiger partial charge in [-0.15, -0.1) is 0 Å². The number of imide groups is 6. The number of carbonyl (C=O) groups excluding carboxylic acids is 12. The average molecular weight is 1180 g/mol. The number of amides is 12. The molecule has 0 aromatic heterocycles. The fourth-order valence-corrected chi connectivity index (χ4v) is 17.5. The van der Waals surface area contributed by atoms with Crippen molar-refractivity contribution in [2.45, 2.75) is 114 Å². The summed E-state index contributed by atoms with van der Waals surface area (Å²) in [5.41, 5.74) is 2.30. The lowest BCUT2D eigenvalue weighted by Crippen LogP contribution is -2.61. The summed E-state index contributed by atoms with van der Waals surface area (Å²) in [6.07, 6.45) is 7.93. The van der Waals surface area contributed by atoms with Gasteiger partial charge in [0.25, 0.3) is 70.9 Å². The Morgan fingerprint density at radius 2 is 0.416 bits per heavy atom. The predicted octanol–water partition coefficient (Wildman–Crippen LogP) is 10.6. The Morgan fingerprint density at radius 3 is 0.663 bits per heavy atom. The summed E-state index contributed by atoms with van der Waals surface area (Å²) in [5.74, 6) is -7.10. The highest BCUT2D eigenvalue weighted by Crippen LogP contribution is 2.50. The van der Waals surface area contributed by atoms with Crippen LogP contribution in [-0.2, 0) is 0 Å². The fraction of sp³-hybridized carbons (Fsp3) is 0.268. The molecule has 3 fully saturated rings. The molecule has 9 aliphatic rings. The van der Waals surface area contributed by atoms with E-state index in [-0.39, 0.29) is 114 Å². The maximum atomic E-state index is 15.3. The van der Waals surface area contributed by atoms with E-state index in [9.17, 15) is 28.8 Å². The highest BCUT2D eigenvalue weighted by Gasteiger charge is 2.53. The van der Waals surface area contributed by atoms with Crippen LogP contribution in [0.25, 0.3) is 64.6 Å². The van der Waals surface area contributed by atoms with Crippen LogP contribution >= 0.6 is 0 Å². The van der Waals surface area contributed by atoms with E-state index in [1.165, 1.54) is 65.4 Å². The molecule has 12 amide bonds. The molecule has 3 aliphatic carbocycles. The first-order valence-corrected chi connectivity index (χ1v) is 30.8. The van der Waals surface area contributed by atoms with Crippen LogP contribution in [0.1, 0.15) is 208 Å². The quantitative estimate of drug-likeness (QED) is 0.0891. The molecule has 0 bridgehead atoms. The maximum Gasteiger partial charge on any atom is 0.261 e. The first-order chi connectivity index (χ1) is 43.2. The number of hydrogen-bond acceptors (Lipinski definition) is 12. The number of rotatable bonds is 5. The van der Waals surface area contributed by atoms with E-state index in [2.05, 4.69) is 0 Å². The van der Waals surface area contributed by atoms with Gasteiger partial charge in [0, 0.05) is 112 Å². The van der Waals surface area contributed by atoms with Gasteiger partial charge in [-0.25, -0.2) is 0 Å². The largest absolute Gasteiger partial charge is 0.277 e. The molecule has 0 saturated heterocycles. The van der Waals surface area contributed by atoms with E-state index in [0.29, 0.717) is 59.4 Å². The SMILES string of the molecule is CN1C(=O)c2ccc3c4c(ccc(c24)C1=O)C(=O)N([C@H]1CCCC[C@@H]1N1C(=O)c2ccc4c5c(ccc(c25)C1=O)C(=O)N([C@H]1CCCCC1N1C(=O)c2ccc5c6ccc7c8c(ccc(c9ccc(c2c59)C1=O)c86)C(=O)N(C1CCCCC1)C7=O)C4=O)C3=O. The molecule has 18 heteroatoms. The van der Waals surface area contributed by atoms with Crippen molar-refractivity contribution in [3.63, 3.8) is 0 Å². The minimum absolute atomic E-state index is 0.0490. The maximum absolute atomic E-state index is 15.3. The van der Waals surface area contributed by atoms with Crippen LogP contribution in [0.3, 0.4) is 0 Å². The molecule has 89 heavy (non-hydrogen) atoms. The van der Waals surface area contributed by atoms with Gasteiger partial charge in [0.2, 0.25) is 0 Å². The van der Waals surface area contributed by atoms with Crippen LogP contribution in [0.2, 0.25) is 0 Å². The van der Waals surface area contributed by atoms with E-state index in [0.717, 1.165) is 78.6 Å². The summed E-state index contributed by atoms with van der Waals surface area (Å²) in [6, 6.07) is 22.3. The summed E-state index contributed by atoms with van der Waals surface area (Å²) in [6.45, 7) is 0. The van der Waals surface area contributed by atoms with Gasteiger partial charge < -0.3 is 0 Å². The van der Waals surface area contributed by atoms with Crippen LogP contribution in [0.5, 0.6) is 0 Å². The smallest absolute Gasteiger partial charge is 0.261 e. The van der Waals surface area contributed by atoms with Crippen molar-refractivity contribution in [1.82, 2.24) is 29.4 Å². The van der Waals surface area contributed by atoms with Crippen LogP contribution in [0.4, 0.5) is 0 Å². The third kappa shape index (κ3) is 6.39. The molecule has 4 atom stereocenters. The third-order valence-corrected chi connectivity index (χ3v) is 21.4. The second-order valence-electron chi connectivity index (χ2n) is 25.5. The summed E-state index contributed by atoms with van der Waals surface area (Å²) >= 11 is 0. The Kier molecular flexibility index (Phi) is 10.4. The van der Waals surface area contributed by atoms with Crippen molar-refractivity contribution in [2.24, 2.45) is 0 Å². The topological polar surface area (TPSA) is 224 Å². The lowest BCUT2D eigenvalue weighted by atomic mass is 9.80. The average Bonchev–Trinajstić information content (AvgIpc) is 0.784. The molecule has 0 N–H and O–H groups in total.